The van der Waals surface area contributed by atoms with Gasteiger partial charge in [0.15, 0.2) is 0 Å². The summed E-state index contributed by atoms with van der Waals surface area (Å²) in [4.78, 5) is 23.8. The molecule has 0 fully saturated rings. The van der Waals surface area contributed by atoms with E-state index in [1.165, 1.54) is 26.7 Å². The van der Waals surface area contributed by atoms with Crippen molar-refractivity contribution in [2.45, 2.75) is 72.3 Å². The van der Waals surface area contributed by atoms with Crippen LogP contribution in [0.1, 0.15) is 66.2 Å². The van der Waals surface area contributed by atoms with Crippen molar-refractivity contribution in [1.29, 1.82) is 0 Å². The Labute approximate surface area is 172 Å². The summed E-state index contributed by atoms with van der Waals surface area (Å²) in [6.45, 7) is 7.21. The van der Waals surface area contributed by atoms with Crippen LogP contribution in [0.5, 0.6) is 0 Å². The minimum absolute atomic E-state index is 0. The maximum Gasteiger partial charge on any atom is 1.00 e. The Kier molecular flexibility index (Phi) is 29.1. The molecule has 5 nitrogen and oxygen atoms in total. The summed E-state index contributed by atoms with van der Waals surface area (Å²) in [6.07, 6.45) is 5.48. The average Bonchev–Trinajstić information content (AvgIpc) is 2.38. The number of aliphatic imine (C=N–C) groups is 1. The Balaban J connectivity index is -0.000000179. The first kappa shape index (κ1) is 29.6. The van der Waals surface area contributed by atoms with Gasteiger partial charge in [-0.2, -0.15) is 0 Å². The van der Waals surface area contributed by atoms with E-state index in [2.05, 4.69) is 11.9 Å². The first-order chi connectivity index (χ1) is 8.88. The van der Waals surface area contributed by atoms with E-state index >= 15 is 0 Å². The van der Waals surface area contributed by atoms with Crippen molar-refractivity contribution in [3.05, 3.63) is 0 Å². The van der Waals surface area contributed by atoms with Crippen molar-refractivity contribution < 1.29 is 78.9 Å². The number of hydrogen-bond donors (Lipinski definition) is 0. The van der Waals surface area contributed by atoms with Gasteiger partial charge in [0.2, 0.25) is 0 Å². The number of nitrogens with zero attached hydrogens (tertiary/aromatic N) is 1. The molecule has 0 aromatic carbocycles. The third kappa shape index (κ3) is 23.0. The van der Waals surface area contributed by atoms with Crippen molar-refractivity contribution in [1.82, 2.24) is 0 Å². The molecule has 7 heteroatoms. The number of unbranched alkanes of at least 4 members (excludes halogenated alkanes) is 2. The predicted molar refractivity (Wildman–Crippen MR) is 71.6 cm³/mol. The molecule has 112 valence electrons. The molecule has 0 aliphatic carbocycles. The summed E-state index contributed by atoms with van der Waals surface area (Å²) in [5.74, 6) is -2.15. The smallest absolute Gasteiger partial charge is 0.550 e. The fraction of sp³-hybridized carbons (Fsp3) is 0.786. The molecule has 0 heterocycles. The molecule has 0 spiro atoms. The zero-order valence-electron chi connectivity index (χ0n) is 14.4. The third-order valence-electron chi connectivity index (χ3n) is 2.57. The number of carbonyl (C=O) groups excluding carboxylic acids is 2. The summed E-state index contributed by atoms with van der Waals surface area (Å²) >= 11 is 0. The first-order valence-corrected chi connectivity index (χ1v) is 6.84. The Hall–Kier alpha value is 0.610. The van der Waals surface area contributed by atoms with Crippen molar-refractivity contribution in [3.8, 4) is 0 Å². The zero-order chi connectivity index (χ0) is 15.3. The number of hydrogen-bond acceptors (Lipinski definition) is 5. The van der Waals surface area contributed by atoms with Crippen LogP contribution in [-0.2, 0) is 9.59 Å². The average molecular weight is 317 g/mol. The summed E-state index contributed by atoms with van der Waals surface area (Å²) in [5.41, 5.74) is 0.119. The van der Waals surface area contributed by atoms with Crippen molar-refractivity contribution >= 4 is 17.7 Å². The van der Waals surface area contributed by atoms with Gasteiger partial charge in [-0.3, -0.25) is 4.99 Å². The molecule has 0 aromatic heterocycles. The van der Waals surface area contributed by atoms with Crippen LogP contribution in [0.2, 0.25) is 0 Å². The molecule has 21 heavy (non-hydrogen) atoms. The number of rotatable bonds is 8. The summed E-state index contributed by atoms with van der Waals surface area (Å²) in [7, 11) is 0. The van der Waals surface area contributed by atoms with E-state index in [9.17, 15) is 19.8 Å². The van der Waals surface area contributed by atoms with Gasteiger partial charge in [0.25, 0.3) is 0 Å². The van der Waals surface area contributed by atoms with Gasteiger partial charge in [0.1, 0.15) is 0 Å². The molecule has 0 radical (unpaired) electrons. The van der Waals surface area contributed by atoms with E-state index < -0.39 is 11.9 Å². The molecule has 0 aliphatic rings. The minimum Gasteiger partial charge on any atom is -0.550 e. The molecule has 0 aliphatic heterocycles. The van der Waals surface area contributed by atoms with Crippen molar-refractivity contribution in [3.63, 3.8) is 0 Å². The number of carbonyl (C=O) groups is 2. The number of aliphatic carboxylic acids is 2. The standard InChI is InChI=1S/C11H21NO2.C3H6O2.2Na/c1-4-6-7-8-10(5-2)12-9(3)11(13)14;1-2-3(4)5;;/h10H,4-8H2,1-3H3,(H,13,14);2H2,1H3,(H,4,5);;/q;;2*+1/p-2. The molecule has 0 bridgehead atoms. The first-order valence-electron chi connectivity index (χ1n) is 6.84. The number of carboxylic acid groups (broad SMARTS) is 2. The van der Waals surface area contributed by atoms with Crippen LogP contribution >= 0.6 is 0 Å². The van der Waals surface area contributed by atoms with Crippen molar-refractivity contribution in [2.75, 3.05) is 0 Å². The Morgan fingerprint density at radius 3 is 1.81 bits per heavy atom. The van der Waals surface area contributed by atoms with Gasteiger partial charge in [-0.25, -0.2) is 0 Å². The van der Waals surface area contributed by atoms with E-state index in [4.69, 9.17) is 0 Å². The Morgan fingerprint density at radius 2 is 1.52 bits per heavy atom. The van der Waals surface area contributed by atoms with Crippen LogP contribution < -0.4 is 69.3 Å². The Bertz CT molecular complexity index is 297. The third-order valence-corrected chi connectivity index (χ3v) is 2.57. The molecule has 0 saturated carbocycles. The SMILES string of the molecule is CCC(=O)[O-].CCCCCC(CC)N=C(C)C(=O)[O-].[Na+].[Na+]. The van der Waals surface area contributed by atoms with Crippen LogP contribution in [-0.4, -0.2) is 23.7 Å². The molecular weight excluding hydrogens is 292 g/mol. The van der Waals surface area contributed by atoms with Crippen LogP contribution in [0.25, 0.3) is 0 Å². The van der Waals surface area contributed by atoms with Crippen LogP contribution in [0.3, 0.4) is 0 Å². The molecule has 1 unspecified atom stereocenters. The fourth-order valence-corrected chi connectivity index (χ4v) is 1.32. The number of carboxylic acids is 2. The van der Waals surface area contributed by atoms with E-state index in [0.29, 0.717) is 0 Å². The summed E-state index contributed by atoms with van der Waals surface area (Å²) in [5, 5.41) is 19.7. The molecule has 0 N–H and O–H groups in total. The van der Waals surface area contributed by atoms with E-state index in [1.54, 1.807) is 0 Å². The van der Waals surface area contributed by atoms with Crippen LogP contribution in [0.4, 0.5) is 0 Å². The zero-order valence-corrected chi connectivity index (χ0v) is 18.4. The van der Waals surface area contributed by atoms with Gasteiger partial charge in [0.05, 0.1) is 17.7 Å². The summed E-state index contributed by atoms with van der Waals surface area (Å²) in [6, 6.07) is 0.152. The van der Waals surface area contributed by atoms with Gasteiger partial charge in [-0.1, -0.05) is 40.0 Å². The monoisotopic (exact) mass is 317 g/mol. The van der Waals surface area contributed by atoms with Gasteiger partial charge >= 0.3 is 59.1 Å². The van der Waals surface area contributed by atoms with Gasteiger partial charge in [0, 0.05) is 5.97 Å². The fourth-order valence-electron chi connectivity index (χ4n) is 1.32. The molecule has 0 amide bonds. The van der Waals surface area contributed by atoms with E-state index in [-0.39, 0.29) is 77.3 Å². The van der Waals surface area contributed by atoms with Crippen molar-refractivity contribution in [2.24, 2.45) is 4.99 Å². The minimum atomic E-state index is -1.15. The van der Waals surface area contributed by atoms with Gasteiger partial charge in [-0.15, -0.1) is 0 Å². The van der Waals surface area contributed by atoms with Gasteiger partial charge < -0.3 is 19.8 Å². The predicted octanol–water partition coefficient (Wildman–Crippen LogP) is -5.29. The topological polar surface area (TPSA) is 92.6 Å². The summed E-state index contributed by atoms with van der Waals surface area (Å²) < 4.78 is 0. The second kappa shape index (κ2) is 20.6. The van der Waals surface area contributed by atoms with E-state index in [0.717, 1.165) is 19.3 Å². The largest absolute Gasteiger partial charge is 1.00 e. The van der Waals surface area contributed by atoms with Crippen LogP contribution in [0.15, 0.2) is 4.99 Å². The van der Waals surface area contributed by atoms with E-state index in [1.807, 2.05) is 6.92 Å². The van der Waals surface area contributed by atoms with Gasteiger partial charge in [-0.05, 0) is 26.2 Å². The molecular formula is C14H25NNa2O4. The molecule has 0 aromatic rings. The normalized spacial score (nSPS) is 11.1. The Morgan fingerprint density at radius 1 is 1.05 bits per heavy atom. The molecule has 1 atom stereocenters. The second-order valence-electron chi connectivity index (χ2n) is 4.29. The molecule has 0 rings (SSSR count). The van der Waals surface area contributed by atoms with Crippen LogP contribution in [0, 0.1) is 0 Å². The second-order valence-corrected chi connectivity index (χ2v) is 4.29. The maximum absolute atomic E-state index is 10.4. The quantitative estimate of drug-likeness (QED) is 0.254. The maximum atomic E-state index is 10.4. The molecule has 0 saturated heterocycles.